The van der Waals surface area contributed by atoms with Gasteiger partial charge in [0, 0.05) is 32.4 Å². The summed E-state index contributed by atoms with van der Waals surface area (Å²) in [5.41, 5.74) is 1.38. The molecule has 0 bridgehead atoms. The maximum atomic E-state index is 11.8. The molecule has 0 atom stereocenters. The first kappa shape index (κ1) is 17.2. The second-order valence-electron chi connectivity index (χ2n) is 4.81. The molecule has 0 saturated heterocycles. The highest BCUT2D eigenvalue weighted by Gasteiger charge is 2.07. The van der Waals surface area contributed by atoms with E-state index in [1.54, 1.807) is 12.1 Å². The lowest BCUT2D eigenvalue weighted by Crippen LogP contribution is -2.30. The van der Waals surface area contributed by atoms with Crippen LogP contribution in [0.3, 0.4) is 0 Å². The van der Waals surface area contributed by atoms with Crippen LogP contribution in [0.25, 0.3) is 10.2 Å². The molecule has 23 heavy (non-hydrogen) atoms. The molecule has 1 aromatic carbocycles. The molecule has 0 radical (unpaired) electrons. The Morgan fingerprint density at radius 2 is 2.13 bits per heavy atom. The molecule has 7 nitrogen and oxygen atoms in total. The Hall–Kier alpha value is -2.19. The van der Waals surface area contributed by atoms with E-state index in [2.05, 4.69) is 20.9 Å². The van der Waals surface area contributed by atoms with Crippen LogP contribution in [0.5, 0.6) is 0 Å². The minimum atomic E-state index is -0.266. The number of benzene rings is 1. The van der Waals surface area contributed by atoms with Crippen molar-refractivity contribution in [1.82, 2.24) is 10.3 Å². The highest BCUT2D eigenvalue weighted by atomic mass is 32.1. The predicted molar refractivity (Wildman–Crippen MR) is 92.1 cm³/mol. The predicted octanol–water partition coefficient (Wildman–Crippen LogP) is 2.80. The Morgan fingerprint density at radius 3 is 2.87 bits per heavy atom. The fourth-order valence-corrected chi connectivity index (χ4v) is 2.80. The summed E-state index contributed by atoms with van der Waals surface area (Å²) in [5.74, 6) is -0.158. The van der Waals surface area contributed by atoms with Crippen LogP contribution in [0, 0.1) is 0 Å². The molecule has 8 heteroatoms. The second-order valence-corrected chi connectivity index (χ2v) is 5.84. The summed E-state index contributed by atoms with van der Waals surface area (Å²) in [4.78, 5) is 27.2. The number of fused-ring (bicyclic) bond motifs is 1. The van der Waals surface area contributed by atoms with Crippen LogP contribution in [-0.4, -0.2) is 36.7 Å². The lowest BCUT2D eigenvalue weighted by atomic mass is 10.3. The van der Waals surface area contributed by atoms with Crippen molar-refractivity contribution in [2.75, 3.05) is 30.4 Å². The molecule has 1 aromatic heterocycles. The van der Waals surface area contributed by atoms with Gasteiger partial charge in [0.15, 0.2) is 5.13 Å². The number of nitrogens with one attached hydrogen (secondary N) is 3. The lowest BCUT2D eigenvalue weighted by molar-refractivity contribution is -0.114. The van der Waals surface area contributed by atoms with E-state index in [4.69, 9.17) is 4.74 Å². The van der Waals surface area contributed by atoms with E-state index in [1.807, 2.05) is 13.0 Å². The van der Waals surface area contributed by atoms with Crippen molar-refractivity contribution >= 4 is 44.3 Å². The fraction of sp³-hybridized carbons (Fsp3) is 0.400. The summed E-state index contributed by atoms with van der Waals surface area (Å²) in [6.45, 7) is 5.24. The van der Waals surface area contributed by atoms with Crippen LogP contribution >= 0.6 is 11.3 Å². The van der Waals surface area contributed by atoms with Gasteiger partial charge >= 0.3 is 6.03 Å². The zero-order valence-electron chi connectivity index (χ0n) is 13.1. The van der Waals surface area contributed by atoms with E-state index < -0.39 is 0 Å². The highest BCUT2D eigenvalue weighted by Crippen LogP contribution is 2.28. The normalized spacial score (nSPS) is 10.5. The molecule has 2 aromatic rings. The molecule has 0 fully saturated rings. The molecule has 0 aliphatic rings. The van der Waals surface area contributed by atoms with Crippen molar-refractivity contribution in [3.63, 3.8) is 0 Å². The zero-order chi connectivity index (χ0) is 16.7. The third-order valence-electron chi connectivity index (χ3n) is 2.88. The number of carbonyl (C=O) groups is 2. The van der Waals surface area contributed by atoms with Crippen LogP contribution in [-0.2, 0) is 9.53 Å². The van der Waals surface area contributed by atoms with E-state index in [0.29, 0.717) is 30.6 Å². The van der Waals surface area contributed by atoms with Crippen molar-refractivity contribution in [3.05, 3.63) is 18.2 Å². The number of ether oxygens (including phenoxy) is 1. The number of rotatable bonds is 7. The molecule has 0 saturated carbocycles. The topological polar surface area (TPSA) is 92.4 Å². The van der Waals surface area contributed by atoms with Crippen molar-refractivity contribution < 1.29 is 14.3 Å². The maximum Gasteiger partial charge on any atom is 0.319 e. The highest BCUT2D eigenvalue weighted by molar-refractivity contribution is 7.22. The zero-order valence-corrected chi connectivity index (χ0v) is 14.0. The summed E-state index contributed by atoms with van der Waals surface area (Å²) in [6.07, 6.45) is 0.770. The number of hydrogen-bond donors (Lipinski definition) is 3. The molecule has 0 aliphatic heterocycles. The maximum absolute atomic E-state index is 11.8. The molecule has 124 valence electrons. The number of urea groups is 1. The van der Waals surface area contributed by atoms with Gasteiger partial charge in [0.1, 0.15) is 0 Å². The largest absolute Gasteiger partial charge is 0.382 e. The Bertz CT molecular complexity index is 686. The molecule has 3 amide bonds. The van der Waals surface area contributed by atoms with E-state index in [-0.39, 0.29) is 11.9 Å². The molecule has 0 unspecified atom stereocenters. The first-order valence-corrected chi connectivity index (χ1v) is 8.21. The van der Waals surface area contributed by atoms with Gasteiger partial charge in [-0.25, -0.2) is 9.78 Å². The van der Waals surface area contributed by atoms with Gasteiger partial charge in [0.2, 0.25) is 5.91 Å². The van der Waals surface area contributed by atoms with E-state index in [9.17, 15) is 9.59 Å². The van der Waals surface area contributed by atoms with Gasteiger partial charge in [-0.15, -0.1) is 0 Å². The van der Waals surface area contributed by atoms with Crippen molar-refractivity contribution in [1.29, 1.82) is 0 Å². The standard InChI is InChI=1S/C15H20N4O3S/c1-3-22-8-4-7-16-14(21)18-11-5-6-13-12(9-11)19-15(23-13)17-10(2)20/h5-6,9H,3-4,7-8H2,1-2H3,(H2,16,18,21)(H,17,19,20). The molecule has 3 N–H and O–H groups in total. The third kappa shape index (κ3) is 5.50. The number of carbonyl (C=O) groups excluding carboxylic acids is 2. The summed E-state index contributed by atoms with van der Waals surface area (Å²) in [5, 5.41) is 8.73. The monoisotopic (exact) mass is 336 g/mol. The van der Waals surface area contributed by atoms with Gasteiger partial charge < -0.3 is 20.7 Å². The van der Waals surface area contributed by atoms with Crippen LogP contribution < -0.4 is 16.0 Å². The Balaban J connectivity index is 1.89. The number of aromatic nitrogens is 1. The summed E-state index contributed by atoms with van der Waals surface area (Å²) in [7, 11) is 0. The fourth-order valence-electron chi connectivity index (χ4n) is 1.91. The van der Waals surface area contributed by atoms with Gasteiger partial charge in [-0.3, -0.25) is 4.79 Å². The van der Waals surface area contributed by atoms with Crippen LogP contribution in [0.4, 0.5) is 15.6 Å². The third-order valence-corrected chi connectivity index (χ3v) is 3.84. The van der Waals surface area contributed by atoms with E-state index >= 15 is 0 Å². The SMILES string of the molecule is CCOCCCNC(=O)Nc1ccc2sc(NC(C)=O)nc2c1. The number of amides is 3. The van der Waals surface area contributed by atoms with Crippen LogP contribution in [0.1, 0.15) is 20.3 Å². The summed E-state index contributed by atoms with van der Waals surface area (Å²) < 4.78 is 6.14. The van der Waals surface area contributed by atoms with Gasteiger partial charge in [-0.2, -0.15) is 0 Å². The molecule has 0 aliphatic carbocycles. The van der Waals surface area contributed by atoms with Gasteiger partial charge in [0.25, 0.3) is 0 Å². The van der Waals surface area contributed by atoms with Crippen LogP contribution in [0.15, 0.2) is 18.2 Å². The lowest BCUT2D eigenvalue weighted by Gasteiger charge is -2.07. The van der Waals surface area contributed by atoms with Gasteiger partial charge in [-0.05, 0) is 31.5 Å². The van der Waals surface area contributed by atoms with Crippen molar-refractivity contribution in [2.24, 2.45) is 0 Å². The van der Waals surface area contributed by atoms with Gasteiger partial charge in [0.05, 0.1) is 10.2 Å². The first-order valence-electron chi connectivity index (χ1n) is 7.39. The Kier molecular flexibility index (Phi) is 6.30. The molecule has 1 heterocycles. The van der Waals surface area contributed by atoms with E-state index in [0.717, 1.165) is 16.6 Å². The van der Waals surface area contributed by atoms with Crippen molar-refractivity contribution in [2.45, 2.75) is 20.3 Å². The number of nitrogens with zero attached hydrogens (tertiary/aromatic N) is 1. The van der Waals surface area contributed by atoms with E-state index in [1.165, 1.54) is 18.3 Å². The first-order chi connectivity index (χ1) is 11.1. The number of anilines is 2. The molecule has 0 spiro atoms. The molecule has 2 rings (SSSR count). The minimum absolute atomic E-state index is 0.158. The number of thiazole rings is 1. The quantitative estimate of drug-likeness (QED) is 0.678. The van der Waals surface area contributed by atoms with Crippen LogP contribution in [0.2, 0.25) is 0 Å². The second kappa shape index (κ2) is 8.44. The minimum Gasteiger partial charge on any atom is -0.382 e. The molecular weight excluding hydrogens is 316 g/mol. The van der Waals surface area contributed by atoms with Gasteiger partial charge in [-0.1, -0.05) is 11.3 Å². The average molecular weight is 336 g/mol. The summed E-state index contributed by atoms with van der Waals surface area (Å²) in [6, 6.07) is 5.18. The molecular formula is C15H20N4O3S. The Labute approximate surface area is 138 Å². The summed E-state index contributed by atoms with van der Waals surface area (Å²) >= 11 is 1.39. The smallest absolute Gasteiger partial charge is 0.319 e. The Morgan fingerprint density at radius 1 is 1.30 bits per heavy atom. The average Bonchev–Trinajstić information content (AvgIpc) is 2.87. The number of hydrogen-bond acceptors (Lipinski definition) is 5. The van der Waals surface area contributed by atoms with Crippen molar-refractivity contribution in [3.8, 4) is 0 Å².